The van der Waals surface area contributed by atoms with Gasteiger partial charge in [0.2, 0.25) is 0 Å². The molecule has 2 aromatic rings. The molecule has 3 nitrogen and oxygen atoms in total. The molecule has 3 rings (SSSR count). The maximum absolute atomic E-state index is 5.50. The van der Waals surface area contributed by atoms with Crippen LogP contribution in [-0.4, -0.2) is 13.1 Å². The molecule has 0 spiro atoms. The highest BCUT2D eigenvalue weighted by Crippen LogP contribution is 2.34. The van der Waals surface area contributed by atoms with Gasteiger partial charge in [0.15, 0.2) is 0 Å². The summed E-state index contributed by atoms with van der Waals surface area (Å²) >= 11 is 0. The molecule has 3 heteroatoms. The number of para-hydroxylation sites is 2. The van der Waals surface area contributed by atoms with E-state index >= 15 is 0 Å². The normalized spacial score (nSPS) is 17.5. The van der Waals surface area contributed by atoms with E-state index in [-0.39, 0.29) is 5.41 Å². The summed E-state index contributed by atoms with van der Waals surface area (Å²) in [5.41, 5.74) is 2.69. The lowest BCUT2D eigenvalue weighted by Gasteiger charge is -2.30. The molecule has 0 fully saturated rings. The van der Waals surface area contributed by atoms with E-state index in [4.69, 9.17) is 4.42 Å². The SMILES string of the molecule is CC1(C)CNc2ccccc2N(Cc2ccco2)C1. The van der Waals surface area contributed by atoms with E-state index < -0.39 is 0 Å². The van der Waals surface area contributed by atoms with Crippen LogP contribution in [-0.2, 0) is 6.54 Å². The molecule has 2 heterocycles. The average molecular weight is 256 g/mol. The first kappa shape index (κ1) is 12.2. The van der Waals surface area contributed by atoms with Crippen LogP contribution < -0.4 is 10.2 Å². The Labute approximate surface area is 114 Å². The number of nitrogens with one attached hydrogen (secondary N) is 1. The van der Waals surface area contributed by atoms with Crippen molar-refractivity contribution in [3.63, 3.8) is 0 Å². The maximum Gasteiger partial charge on any atom is 0.123 e. The number of furan rings is 1. The molecule has 0 amide bonds. The predicted octanol–water partition coefficient (Wildman–Crippen LogP) is 3.74. The lowest BCUT2D eigenvalue weighted by Crippen LogP contribution is -2.35. The molecule has 0 saturated heterocycles. The van der Waals surface area contributed by atoms with Gasteiger partial charge in [0.05, 0.1) is 24.2 Å². The Kier molecular flexibility index (Phi) is 2.97. The van der Waals surface area contributed by atoms with Gasteiger partial charge in [-0.15, -0.1) is 0 Å². The van der Waals surface area contributed by atoms with Crippen LogP contribution in [0, 0.1) is 5.41 Å². The first-order valence-electron chi connectivity index (χ1n) is 6.74. The molecule has 0 bridgehead atoms. The molecule has 0 unspecified atom stereocenters. The standard InChI is InChI=1S/C16H20N2O/c1-16(2)11-17-14-7-3-4-8-15(14)18(12-16)10-13-6-5-9-19-13/h3-9,17H,10-12H2,1-2H3. The zero-order valence-corrected chi connectivity index (χ0v) is 11.5. The van der Waals surface area contributed by atoms with Gasteiger partial charge >= 0.3 is 0 Å². The molecular formula is C16H20N2O. The predicted molar refractivity (Wildman–Crippen MR) is 78.5 cm³/mol. The molecule has 0 saturated carbocycles. The van der Waals surface area contributed by atoms with Crippen molar-refractivity contribution < 1.29 is 4.42 Å². The number of benzene rings is 1. The quantitative estimate of drug-likeness (QED) is 0.887. The maximum atomic E-state index is 5.50. The van der Waals surface area contributed by atoms with E-state index in [2.05, 4.69) is 48.3 Å². The van der Waals surface area contributed by atoms with Crippen LogP contribution in [0.2, 0.25) is 0 Å². The van der Waals surface area contributed by atoms with Crippen LogP contribution in [0.3, 0.4) is 0 Å². The summed E-state index contributed by atoms with van der Waals surface area (Å²) in [6.07, 6.45) is 1.74. The van der Waals surface area contributed by atoms with Crippen molar-refractivity contribution in [2.45, 2.75) is 20.4 Å². The van der Waals surface area contributed by atoms with E-state index in [0.717, 1.165) is 25.4 Å². The molecule has 0 atom stereocenters. The van der Waals surface area contributed by atoms with Crippen molar-refractivity contribution in [3.8, 4) is 0 Å². The fourth-order valence-corrected chi connectivity index (χ4v) is 2.62. The van der Waals surface area contributed by atoms with Gasteiger partial charge in [-0.25, -0.2) is 0 Å². The van der Waals surface area contributed by atoms with E-state index in [1.165, 1.54) is 11.4 Å². The van der Waals surface area contributed by atoms with Gasteiger partial charge in [-0.3, -0.25) is 0 Å². The summed E-state index contributed by atoms with van der Waals surface area (Å²) < 4.78 is 5.50. The van der Waals surface area contributed by atoms with Crippen molar-refractivity contribution >= 4 is 11.4 Å². The molecule has 100 valence electrons. The van der Waals surface area contributed by atoms with Gasteiger partial charge in [0.1, 0.15) is 5.76 Å². The third kappa shape index (κ3) is 2.60. The number of hydrogen-bond acceptors (Lipinski definition) is 3. The molecule has 1 N–H and O–H groups in total. The van der Waals surface area contributed by atoms with Crippen LogP contribution in [0.5, 0.6) is 0 Å². The van der Waals surface area contributed by atoms with Crippen molar-refractivity contribution in [2.75, 3.05) is 23.3 Å². The number of fused-ring (bicyclic) bond motifs is 1. The molecule has 1 aliphatic heterocycles. The van der Waals surface area contributed by atoms with Gasteiger partial charge in [-0.2, -0.15) is 0 Å². The monoisotopic (exact) mass is 256 g/mol. The second-order valence-corrected chi connectivity index (χ2v) is 5.97. The van der Waals surface area contributed by atoms with Gasteiger partial charge in [0, 0.05) is 13.1 Å². The summed E-state index contributed by atoms with van der Waals surface area (Å²) in [4.78, 5) is 2.40. The van der Waals surface area contributed by atoms with Crippen molar-refractivity contribution in [1.82, 2.24) is 0 Å². The summed E-state index contributed by atoms with van der Waals surface area (Å²) in [6.45, 7) is 7.40. The van der Waals surface area contributed by atoms with Crippen LogP contribution in [0.4, 0.5) is 11.4 Å². The second kappa shape index (κ2) is 4.65. The van der Waals surface area contributed by atoms with Crippen molar-refractivity contribution in [1.29, 1.82) is 0 Å². The zero-order chi connectivity index (χ0) is 13.3. The fraction of sp³-hybridized carbons (Fsp3) is 0.375. The van der Waals surface area contributed by atoms with Gasteiger partial charge in [-0.1, -0.05) is 26.0 Å². The number of anilines is 2. The van der Waals surface area contributed by atoms with E-state index in [1.54, 1.807) is 6.26 Å². The number of hydrogen-bond donors (Lipinski definition) is 1. The minimum Gasteiger partial charge on any atom is -0.467 e. The number of nitrogens with zero attached hydrogens (tertiary/aromatic N) is 1. The molecular weight excluding hydrogens is 236 g/mol. The summed E-state index contributed by atoms with van der Waals surface area (Å²) in [5, 5.41) is 3.55. The van der Waals surface area contributed by atoms with Gasteiger partial charge in [0.25, 0.3) is 0 Å². The average Bonchev–Trinajstić information content (AvgIpc) is 2.84. The van der Waals surface area contributed by atoms with Crippen molar-refractivity contribution in [3.05, 3.63) is 48.4 Å². The topological polar surface area (TPSA) is 28.4 Å². The van der Waals surface area contributed by atoms with Crippen LogP contribution in [0.1, 0.15) is 19.6 Å². The third-order valence-electron chi connectivity index (χ3n) is 3.55. The molecule has 19 heavy (non-hydrogen) atoms. The fourth-order valence-electron chi connectivity index (χ4n) is 2.62. The summed E-state index contributed by atoms with van der Waals surface area (Å²) in [5.74, 6) is 1.01. The molecule has 0 radical (unpaired) electrons. The Hall–Kier alpha value is -1.90. The van der Waals surface area contributed by atoms with Crippen molar-refractivity contribution in [2.24, 2.45) is 5.41 Å². The Morgan fingerprint density at radius 3 is 2.84 bits per heavy atom. The Morgan fingerprint density at radius 2 is 2.05 bits per heavy atom. The summed E-state index contributed by atoms with van der Waals surface area (Å²) in [6, 6.07) is 12.5. The lowest BCUT2D eigenvalue weighted by atomic mass is 9.93. The van der Waals surface area contributed by atoms with E-state index in [1.807, 2.05) is 12.1 Å². The third-order valence-corrected chi connectivity index (χ3v) is 3.55. The lowest BCUT2D eigenvalue weighted by molar-refractivity contribution is 0.386. The van der Waals surface area contributed by atoms with E-state index in [9.17, 15) is 0 Å². The molecule has 0 aliphatic carbocycles. The second-order valence-electron chi connectivity index (χ2n) is 5.97. The highest BCUT2D eigenvalue weighted by molar-refractivity contribution is 5.71. The minimum atomic E-state index is 0.228. The minimum absolute atomic E-state index is 0.228. The number of rotatable bonds is 2. The molecule has 1 aromatic carbocycles. The highest BCUT2D eigenvalue weighted by atomic mass is 16.3. The highest BCUT2D eigenvalue weighted by Gasteiger charge is 2.27. The Morgan fingerprint density at radius 1 is 1.21 bits per heavy atom. The molecule has 1 aliphatic rings. The summed E-state index contributed by atoms with van der Waals surface area (Å²) in [7, 11) is 0. The Bertz CT molecular complexity index is 546. The zero-order valence-electron chi connectivity index (χ0n) is 11.5. The van der Waals surface area contributed by atoms with Crippen LogP contribution >= 0.6 is 0 Å². The first-order valence-corrected chi connectivity index (χ1v) is 6.74. The first-order chi connectivity index (χ1) is 9.14. The smallest absolute Gasteiger partial charge is 0.123 e. The van der Waals surface area contributed by atoms with Crippen LogP contribution in [0.25, 0.3) is 0 Å². The largest absolute Gasteiger partial charge is 0.467 e. The van der Waals surface area contributed by atoms with Gasteiger partial charge in [-0.05, 0) is 29.7 Å². The van der Waals surface area contributed by atoms with Gasteiger partial charge < -0.3 is 14.6 Å². The van der Waals surface area contributed by atoms with Crippen LogP contribution in [0.15, 0.2) is 47.1 Å². The van der Waals surface area contributed by atoms with E-state index in [0.29, 0.717) is 0 Å². The molecule has 1 aromatic heterocycles. The Balaban J connectivity index is 1.94.